The van der Waals surface area contributed by atoms with Crippen LogP contribution in [0.3, 0.4) is 0 Å². The first-order valence-electron chi connectivity index (χ1n) is 8.11. The third kappa shape index (κ3) is 5.53. The Labute approximate surface area is 142 Å². The van der Waals surface area contributed by atoms with Crippen LogP contribution in [0.5, 0.6) is 0 Å². The van der Waals surface area contributed by atoms with E-state index in [1.165, 1.54) is 4.90 Å². The molecule has 1 fully saturated rings. The van der Waals surface area contributed by atoms with Crippen molar-refractivity contribution in [3.05, 3.63) is 35.9 Å². The summed E-state index contributed by atoms with van der Waals surface area (Å²) in [5.41, 5.74) is 0.427. The summed E-state index contributed by atoms with van der Waals surface area (Å²) >= 11 is 0. The Kier molecular flexibility index (Phi) is 5.83. The molecule has 0 saturated carbocycles. The number of carbonyl (C=O) groups is 2. The Morgan fingerprint density at radius 3 is 2.50 bits per heavy atom. The number of hydrogen-bond donors (Lipinski definition) is 1. The summed E-state index contributed by atoms with van der Waals surface area (Å²) in [7, 11) is 0. The second-order valence-electron chi connectivity index (χ2n) is 7.04. The van der Waals surface area contributed by atoms with Crippen LogP contribution >= 0.6 is 0 Å². The first kappa shape index (κ1) is 18.3. The van der Waals surface area contributed by atoms with E-state index in [9.17, 15) is 9.59 Å². The Bertz CT molecular complexity index is 567. The van der Waals surface area contributed by atoms with Crippen LogP contribution in [0.25, 0.3) is 0 Å². The van der Waals surface area contributed by atoms with Gasteiger partial charge < -0.3 is 19.5 Å². The number of likely N-dealkylation sites (tertiary alicyclic amines) is 1. The number of hydrogen-bond acceptors (Lipinski definition) is 4. The minimum atomic E-state index is -0.933. The third-order valence-electron chi connectivity index (χ3n) is 3.74. The highest BCUT2D eigenvalue weighted by atomic mass is 16.6. The number of nitrogens with zero attached hydrogens (tertiary/aromatic N) is 1. The lowest BCUT2D eigenvalue weighted by Crippen LogP contribution is -2.41. The highest BCUT2D eigenvalue weighted by molar-refractivity contribution is 5.72. The Hall–Kier alpha value is -2.08. The molecule has 24 heavy (non-hydrogen) atoms. The van der Waals surface area contributed by atoms with Gasteiger partial charge in [0.15, 0.2) is 0 Å². The molecule has 0 aliphatic carbocycles. The molecule has 2 atom stereocenters. The van der Waals surface area contributed by atoms with Crippen LogP contribution < -0.4 is 0 Å². The molecule has 1 aliphatic rings. The van der Waals surface area contributed by atoms with Gasteiger partial charge in [0.05, 0.1) is 25.7 Å². The number of carbonyl (C=O) groups excluding carboxylic acids is 1. The Balaban J connectivity index is 1.98. The highest BCUT2D eigenvalue weighted by Gasteiger charge is 2.39. The summed E-state index contributed by atoms with van der Waals surface area (Å²) in [4.78, 5) is 24.9. The van der Waals surface area contributed by atoms with Gasteiger partial charge >= 0.3 is 12.1 Å². The molecule has 1 N–H and O–H groups in total. The van der Waals surface area contributed by atoms with E-state index < -0.39 is 23.7 Å². The topological polar surface area (TPSA) is 76.1 Å². The van der Waals surface area contributed by atoms with Crippen LogP contribution in [0.4, 0.5) is 4.79 Å². The van der Waals surface area contributed by atoms with Gasteiger partial charge in [-0.1, -0.05) is 30.3 Å². The second kappa shape index (κ2) is 7.66. The molecule has 0 aromatic heterocycles. The normalized spacial score (nSPS) is 20.9. The van der Waals surface area contributed by atoms with Crippen molar-refractivity contribution >= 4 is 12.1 Å². The molecule has 132 valence electrons. The largest absolute Gasteiger partial charge is 0.481 e. The monoisotopic (exact) mass is 335 g/mol. The smallest absolute Gasteiger partial charge is 0.410 e. The van der Waals surface area contributed by atoms with E-state index in [1.807, 2.05) is 30.3 Å². The Morgan fingerprint density at radius 2 is 1.92 bits per heavy atom. The maximum absolute atomic E-state index is 12.3. The van der Waals surface area contributed by atoms with Crippen LogP contribution in [0.1, 0.15) is 39.2 Å². The number of amides is 1. The zero-order valence-electron chi connectivity index (χ0n) is 14.4. The SMILES string of the molecule is CC(C)(C)OC(=O)N1C[C@@H](OCc2ccccc2)C[C@H]1CC(=O)O. The zero-order chi connectivity index (χ0) is 17.7. The number of aliphatic carboxylic acids is 1. The van der Waals surface area contributed by atoms with E-state index in [2.05, 4.69) is 0 Å². The minimum Gasteiger partial charge on any atom is -0.481 e. The number of benzene rings is 1. The van der Waals surface area contributed by atoms with Crippen LogP contribution in [-0.4, -0.2) is 46.4 Å². The van der Waals surface area contributed by atoms with Crippen molar-refractivity contribution in [1.29, 1.82) is 0 Å². The number of carboxylic acids is 1. The molecule has 6 heteroatoms. The number of ether oxygens (including phenoxy) is 2. The lowest BCUT2D eigenvalue weighted by Gasteiger charge is -2.27. The van der Waals surface area contributed by atoms with Crippen molar-refractivity contribution in [1.82, 2.24) is 4.90 Å². The summed E-state index contributed by atoms with van der Waals surface area (Å²) in [5.74, 6) is -0.933. The molecule has 6 nitrogen and oxygen atoms in total. The molecular formula is C18H25NO5. The molecular weight excluding hydrogens is 310 g/mol. The van der Waals surface area contributed by atoms with Gasteiger partial charge in [-0.15, -0.1) is 0 Å². The lowest BCUT2D eigenvalue weighted by molar-refractivity contribution is -0.138. The van der Waals surface area contributed by atoms with E-state index in [4.69, 9.17) is 14.6 Å². The third-order valence-corrected chi connectivity index (χ3v) is 3.74. The van der Waals surface area contributed by atoms with Crippen molar-refractivity contribution in [2.24, 2.45) is 0 Å². The first-order chi connectivity index (χ1) is 11.2. The van der Waals surface area contributed by atoms with Crippen molar-refractivity contribution in [2.75, 3.05) is 6.54 Å². The van der Waals surface area contributed by atoms with Gasteiger partial charge in [-0.3, -0.25) is 4.79 Å². The van der Waals surface area contributed by atoms with Gasteiger partial charge in [0.1, 0.15) is 5.60 Å². The van der Waals surface area contributed by atoms with Gasteiger partial charge in [0, 0.05) is 6.04 Å². The van der Waals surface area contributed by atoms with Crippen LogP contribution in [0.15, 0.2) is 30.3 Å². The molecule has 1 aromatic rings. The molecule has 1 saturated heterocycles. The van der Waals surface area contributed by atoms with Gasteiger partial charge in [-0.2, -0.15) is 0 Å². The second-order valence-corrected chi connectivity index (χ2v) is 7.04. The average Bonchev–Trinajstić information content (AvgIpc) is 2.87. The summed E-state index contributed by atoms with van der Waals surface area (Å²) in [6, 6.07) is 9.34. The summed E-state index contributed by atoms with van der Waals surface area (Å²) in [6.45, 7) is 6.15. The van der Waals surface area contributed by atoms with Gasteiger partial charge in [0.2, 0.25) is 0 Å². The van der Waals surface area contributed by atoms with Crippen molar-refractivity contribution in [2.45, 2.75) is 58.0 Å². The van der Waals surface area contributed by atoms with Gasteiger partial charge in [-0.25, -0.2) is 4.79 Å². The highest BCUT2D eigenvalue weighted by Crippen LogP contribution is 2.26. The molecule has 0 spiro atoms. The van der Waals surface area contributed by atoms with Crippen molar-refractivity contribution in [3.63, 3.8) is 0 Å². The fraction of sp³-hybridized carbons (Fsp3) is 0.556. The Morgan fingerprint density at radius 1 is 1.25 bits per heavy atom. The molecule has 1 aliphatic heterocycles. The van der Waals surface area contributed by atoms with Crippen LogP contribution in [0.2, 0.25) is 0 Å². The summed E-state index contributed by atoms with van der Waals surface area (Å²) in [6.07, 6.45) is -0.287. The van der Waals surface area contributed by atoms with Gasteiger partial charge in [0.25, 0.3) is 0 Å². The standard InChI is InChI=1S/C18H25NO5/c1-18(2,3)24-17(22)19-11-15(9-14(19)10-16(20)21)23-12-13-7-5-4-6-8-13/h4-8,14-15H,9-12H2,1-3H3,(H,20,21)/t14-,15-/m0/s1. The molecule has 1 amide bonds. The van der Waals surface area contributed by atoms with E-state index in [-0.39, 0.29) is 12.5 Å². The van der Waals surface area contributed by atoms with E-state index in [0.717, 1.165) is 5.56 Å². The molecule has 0 bridgehead atoms. The molecule has 0 unspecified atom stereocenters. The molecule has 1 heterocycles. The van der Waals surface area contributed by atoms with Crippen LogP contribution in [0, 0.1) is 0 Å². The molecule has 0 radical (unpaired) electrons. The summed E-state index contributed by atoms with van der Waals surface area (Å²) < 4.78 is 11.3. The lowest BCUT2D eigenvalue weighted by atomic mass is 10.1. The maximum Gasteiger partial charge on any atom is 0.410 e. The fourth-order valence-electron chi connectivity index (χ4n) is 2.72. The minimum absolute atomic E-state index is 0.107. The van der Waals surface area contributed by atoms with Gasteiger partial charge in [-0.05, 0) is 32.8 Å². The van der Waals surface area contributed by atoms with E-state index in [1.54, 1.807) is 20.8 Å². The van der Waals surface area contributed by atoms with Crippen LogP contribution in [-0.2, 0) is 20.9 Å². The predicted octanol–water partition coefficient (Wildman–Crippen LogP) is 3.06. The molecule has 2 rings (SSSR count). The average molecular weight is 335 g/mol. The summed E-state index contributed by atoms with van der Waals surface area (Å²) in [5, 5.41) is 9.08. The fourth-order valence-corrected chi connectivity index (χ4v) is 2.72. The number of rotatable bonds is 5. The zero-order valence-corrected chi connectivity index (χ0v) is 14.4. The number of carboxylic acid groups (broad SMARTS) is 1. The van der Waals surface area contributed by atoms with E-state index >= 15 is 0 Å². The first-order valence-corrected chi connectivity index (χ1v) is 8.11. The molecule has 1 aromatic carbocycles. The van der Waals surface area contributed by atoms with Crippen molar-refractivity contribution < 1.29 is 24.2 Å². The quantitative estimate of drug-likeness (QED) is 0.895. The van der Waals surface area contributed by atoms with Crippen molar-refractivity contribution in [3.8, 4) is 0 Å². The van der Waals surface area contributed by atoms with E-state index in [0.29, 0.717) is 19.6 Å². The predicted molar refractivity (Wildman–Crippen MR) is 88.6 cm³/mol. The maximum atomic E-state index is 12.3.